The molecular formula is C31H34F2N2O5. The largest absolute Gasteiger partial charge is 0.444 e. The summed E-state index contributed by atoms with van der Waals surface area (Å²) >= 11 is 0. The van der Waals surface area contributed by atoms with E-state index in [0.717, 1.165) is 24.0 Å². The van der Waals surface area contributed by atoms with E-state index in [4.69, 9.17) is 10.5 Å². The lowest BCUT2D eigenvalue weighted by Gasteiger charge is -2.36. The van der Waals surface area contributed by atoms with Crippen molar-refractivity contribution >= 4 is 23.6 Å². The number of Topliss-reactive ketones (excluding diaryl/α,β-unsaturated/α-hetero) is 2. The first-order valence-corrected chi connectivity index (χ1v) is 13.8. The zero-order chi connectivity index (χ0) is 28.9. The number of hydrogen-bond acceptors (Lipinski definition) is 5. The molecule has 0 aromatic heterocycles. The summed E-state index contributed by atoms with van der Waals surface area (Å²) in [6.45, 7) is 5.26. The van der Waals surface area contributed by atoms with Gasteiger partial charge in [0.1, 0.15) is 11.4 Å². The van der Waals surface area contributed by atoms with Gasteiger partial charge in [-0.2, -0.15) is 0 Å². The fourth-order valence-electron chi connectivity index (χ4n) is 6.47. The highest BCUT2D eigenvalue weighted by atomic mass is 19.2. The maximum atomic E-state index is 15.3. The second-order valence-electron chi connectivity index (χ2n) is 12.3. The van der Waals surface area contributed by atoms with Gasteiger partial charge in [-0.3, -0.25) is 19.3 Å². The third-order valence-corrected chi connectivity index (χ3v) is 8.29. The molecule has 0 unspecified atom stereocenters. The van der Waals surface area contributed by atoms with Gasteiger partial charge in [-0.05, 0) is 74.6 Å². The minimum atomic E-state index is -1.11. The Morgan fingerprint density at radius 3 is 2.48 bits per heavy atom. The van der Waals surface area contributed by atoms with Crippen LogP contribution in [0.25, 0.3) is 11.1 Å². The van der Waals surface area contributed by atoms with Crippen molar-refractivity contribution in [3.05, 3.63) is 58.7 Å². The third-order valence-electron chi connectivity index (χ3n) is 8.29. The maximum Gasteiger partial charge on any atom is 0.411 e. The van der Waals surface area contributed by atoms with Crippen molar-refractivity contribution in [3.8, 4) is 11.1 Å². The predicted octanol–water partition coefficient (Wildman–Crippen LogP) is 4.69. The normalized spacial score (nSPS) is 22.4. The second kappa shape index (κ2) is 10.4. The van der Waals surface area contributed by atoms with Gasteiger partial charge >= 0.3 is 6.09 Å². The quantitative estimate of drug-likeness (QED) is 0.536. The number of ether oxygens (including phenoxy) is 1. The third kappa shape index (κ3) is 5.38. The molecule has 5 rings (SSSR count). The Morgan fingerprint density at radius 2 is 1.77 bits per heavy atom. The number of rotatable bonds is 7. The van der Waals surface area contributed by atoms with Gasteiger partial charge in [0.05, 0.1) is 6.04 Å². The lowest BCUT2D eigenvalue weighted by Crippen LogP contribution is -2.51. The molecule has 0 radical (unpaired) electrons. The Labute approximate surface area is 232 Å². The molecule has 2 fully saturated rings. The van der Waals surface area contributed by atoms with Gasteiger partial charge in [-0.25, -0.2) is 13.6 Å². The van der Waals surface area contributed by atoms with Gasteiger partial charge in [-0.1, -0.05) is 30.3 Å². The number of carbonyl (C=O) groups is 4. The molecule has 2 aromatic rings. The van der Waals surface area contributed by atoms with E-state index in [2.05, 4.69) is 0 Å². The standard InChI is InChI=1S/C31H34F2N2O5/c1-31(2,3)40-30(39)35-22-8-6-19(12-22)28(35)25(37)15-21(29(34)38)11-18-7-9-24(27(33)26(18)32)17-5-4-16-13-23(36)14-20(16)10-17/h4-5,7,9-10,19,21-22,28H,6,8,11-15H2,1-3H3,(H2,34,38)/t19-,21+,22+,28-/m0/s1. The molecule has 7 nitrogen and oxygen atoms in total. The van der Waals surface area contributed by atoms with E-state index in [1.165, 1.54) is 17.0 Å². The zero-order valence-corrected chi connectivity index (χ0v) is 23.0. The Balaban J connectivity index is 1.33. The SMILES string of the molecule is CC(C)(C)OC(=O)N1[C@@H]2CC[C@@H](C2)[C@H]1C(=O)C[C@@H](Cc1ccc(-c2ccc3c(c2)CC(=O)C3)c(F)c1F)C(N)=O. The topological polar surface area (TPSA) is 107 Å². The summed E-state index contributed by atoms with van der Waals surface area (Å²) in [7, 11) is 0. The molecule has 3 aliphatic rings. The first kappa shape index (κ1) is 27.9. The van der Waals surface area contributed by atoms with Gasteiger partial charge in [0, 0.05) is 36.8 Å². The summed E-state index contributed by atoms with van der Waals surface area (Å²) in [5, 5.41) is 0. The summed E-state index contributed by atoms with van der Waals surface area (Å²) in [4.78, 5) is 52.0. The first-order valence-electron chi connectivity index (χ1n) is 13.8. The summed E-state index contributed by atoms with van der Waals surface area (Å²) in [6.07, 6.45) is 1.77. The van der Waals surface area contributed by atoms with Crippen molar-refractivity contribution in [1.29, 1.82) is 0 Å². The highest BCUT2D eigenvalue weighted by molar-refractivity contribution is 5.92. The monoisotopic (exact) mass is 552 g/mol. The van der Waals surface area contributed by atoms with Crippen LogP contribution in [0.3, 0.4) is 0 Å². The minimum absolute atomic E-state index is 0.0328. The summed E-state index contributed by atoms with van der Waals surface area (Å²) in [5.41, 5.74) is 7.02. The first-order chi connectivity index (χ1) is 18.8. The Bertz CT molecular complexity index is 1400. The average Bonchev–Trinajstić information content (AvgIpc) is 3.58. The fourth-order valence-corrected chi connectivity index (χ4v) is 6.47. The molecule has 2 N–H and O–H groups in total. The van der Waals surface area contributed by atoms with E-state index in [9.17, 15) is 19.2 Å². The molecule has 40 heavy (non-hydrogen) atoms. The number of halogens is 2. The molecule has 1 aliphatic heterocycles. The fraction of sp³-hybridized carbons (Fsp3) is 0.484. The number of hydrogen-bond donors (Lipinski definition) is 1. The highest BCUT2D eigenvalue weighted by Gasteiger charge is 2.52. The lowest BCUT2D eigenvalue weighted by molar-refractivity contribution is -0.131. The molecular weight excluding hydrogens is 518 g/mol. The smallest absolute Gasteiger partial charge is 0.411 e. The number of benzene rings is 2. The van der Waals surface area contributed by atoms with Crippen LogP contribution in [0.2, 0.25) is 0 Å². The van der Waals surface area contributed by atoms with Crippen LogP contribution in [0.1, 0.15) is 63.1 Å². The molecule has 2 bridgehead atoms. The highest BCUT2D eigenvalue weighted by Crippen LogP contribution is 2.44. The second-order valence-corrected chi connectivity index (χ2v) is 12.3. The van der Waals surface area contributed by atoms with Crippen molar-refractivity contribution in [3.63, 3.8) is 0 Å². The molecule has 2 aliphatic carbocycles. The van der Waals surface area contributed by atoms with E-state index in [-0.39, 0.29) is 53.9 Å². The van der Waals surface area contributed by atoms with E-state index >= 15 is 8.78 Å². The Kier molecular flexibility index (Phi) is 7.27. The Morgan fingerprint density at radius 1 is 1.05 bits per heavy atom. The molecule has 0 spiro atoms. The molecule has 9 heteroatoms. The van der Waals surface area contributed by atoms with E-state index < -0.39 is 41.2 Å². The van der Waals surface area contributed by atoms with E-state index in [1.807, 2.05) is 0 Å². The number of carbonyl (C=O) groups excluding carboxylic acids is 4. The van der Waals surface area contributed by atoms with Crippen LogP contribution >= 0.6 is 0 Å². The van der Waals surface area contributed by atoms with Crippen molar-refractivity contribution in [2.45, 2.75) is 83.4 Å². The molecule has 212 valence electrons. The number of nitrogens with zero attached hydrogens (tertiary/aromatic N) is 1. The summed E-state index contributed by atoms with van der Waals surface area (Å²) in [6, 6.07) is 7.12. The van der Waals surface area contributed by atoms with Gasteiger partial charge in [0.25, 0.3) is 0 Å². The molecule has 2 aromatic carbocycles. The number of likely N-dealkylation sites (tertiary alicyclic amines) is 1. The number of ketones is 2. The molecule has 2 amide bonds. The van der Waals surface area contributed by atoms with E-state index in [0.29, 0.717) is 18.4 Å². The number of piperidine rings is 1. The molecule has 1 heterocycles. The van der Waals surface area contributed by atoms with Crippen molar-refractivity contribution in [2.75, 3.05) is 0 Å². The van der Waals surface area contributed by atoms with Gasteiger partial charge in [0.2, 0.25) is 5.91 Å². The molecule has 1 saturated carbocycles. The van der Waals surface area contributed by atoms with Gasteiger partial charge < -0.3 is 10.5 Å². The molecule has 4 atom stereocenters. The number of primary amides is 1. The van der Waals surface area contributed by atoms with Crippen LogP contribution in [0.4, 0.5) is 13.6 Å². The van der Waals surface area contributed by atoms with Gasteiger partial charge in [0.15, 0.2) is 17.4 Å². The van der Waals surface area contributed by atoms with Crippen LogP contribution in [0.15, 0.2) is 30.3 Å². The average molecular weight is 553 g/mol. The van der Waals surface area contributed by atoms with Crippen molar-refractivity contribution < 1.29 is 32.7 Å². The summed E-state index contributed by atoms with van der Waals surface area (Å²) < 4.78 is 36.0. The minimum Gasteiger partial charge on any atom is -0.444 e. The number of nitrogens with two attached hydrogens (primary N) is 1. The van der Waals surface area contributed by atoms with Crippen molar-refractivity contribution in [2.24, 2.45) is 17.6 Å². The van der Waals surface area contributed by atoms with Crippen LogP contribution < -0.4 is 5.73 Å². The lowest BCUT2D eigenvalue weighted by atomic mass is 9.86. The van der Waals surface area contributed by atoms with Crippen molar-refractivity contribution in [1.82, 2.24) is 4.90 Å². The van der Waals surface area contributed by atoms with E-state index in [1.54, 1.807) is 39.0 Å². The van der Waals surface area contributed by atoms with Crippen LogP contribution in [-0.4, -0.2) is 46.2 Å². The van der Waals surface area contributed by atoms with Crippen LogP contribution in [-0.2, 0) is 38.4 Å². The maximum absolute atomic E-state index is 15.3. The van der Waals surface area contributed by atoms with Crippen LogP contribution in [0, 0.1) is 23.5 Å². The van der Waals surface area contributed by atoms with Gasteiger partial charge in [-0.15, -0.1) is 0 Å². The number of fused-ring (bicyclic) bond motifs is 3. The Hall–Kier alpha value is -3.62. The van der Waals surface area contributed by atoms with Crippen LogP contribution in [0.5, 0.6) is 0 Å². The number of amides is 2. The zero-order valence-electron chi connectivity index (χ0n) is 23.0. The summed E-state index contributed by atoms with van der Waals surface area (Å²) in [5.74, 6) is -4.32. The molecule has 1 saturated heterocycles. The predicted molar refractivity (Wildman–Crippen MR) is 143 cm³/mol.